The van der Waals surface area contributed by atoms with E-state index in [0.717, 1.165) is 25.9 Å². The number of aromatic nitrogens is 3. The maximum Gasteiger partial charge on any atom is 0.276 e. The van der Waals surface area contributed by atoms with E-state index in [-0.39, 0.29) is 5.95 Å². The van der Waals surface area contributed by atoms with Crippen LogP contribution < -0.4 is 10.2 Å². The van der Waals surface area contributed by atoms with Crippen molar-refractivity contribution in [1.29, 1.82) is 0 Å². The summed E-state index contributed by atoms with van der Waals surface area (Å²) < 4.78 is 12.4. The number of H-pyrrole nitrogens is 1. The van der Waals surface area contributed by atoms with Gasteiger partial charge in [-0.15, -0.1) is 5.10 Å². The van der Waals surface area contributed by atoms with E-state index in [1.807, 2.05) is 4.90 Å². The third kappa shape index (κ3) is 3.06. The van der Waals surface area contributed by atoms with Gasteiger partial charge in [0, 0.05) is 13.1 Å². The number of aromatic amines is 1. The van der Waals surface area contributed by atoms with Crippen LogP contribution in [0.5, 0.6) is 0 Å². The molecule has 1 aliphatic rings. The van der Waals surface area contributed by atoms with Gasteiger partial charge in [0.1, 0.15) is 0 Å². The van der Waals surface area contributed by atoms with E-state index in [0.29, 0.717) is 5.95 Å². The summed E-state index contributed by atoms with van der Waals surface area (Å²) in [5.74, 6) is -0.322. The fourth-order valence-corrected chi connectivity index (χ4v) is 1.77. The van der Waals surface area contributed by atoms with Crippen molar-refractivity contribution < 1.29 is 9.18 Å². The van der Waals surface area contributed by atoms with Crippen LogP contribution in [-0.4, -0.2) is 39.8 Å². The summed E-state index contributed by atoms with van der Waals surface area (Å²) in [6.45, 7) is 1.79. The third-order valence-corrected chi connectivity index (χ3v) is 2.75. The summed E-state index contributed by atoms with van der Waals surface area (Å²) in [4.78, 5) is 17.1. The first-order valence-electron chi connectivity index (χ1n) is 5.43. The van der Waals surface area contributed by atoms with Crippen LogP contribution in [0.1, 0.15) is 19.3 Å². The van der Waals surface area contributed by atoms with E-state index in [4.69, 9.17) is 11.6 Å². The predicted molar refractivity (Wildman–Crippen MR) is 61.8 cm³/mol. The molecule has 1 atom stereocenters. The number of rotatable bonds is 3. The number of nitrogens with one attached hydrogen (secondary N) is 2. The van der Waals surface area contributed by atoms with Crippen LogP contribution in [-0.2, 0) is 4.79 Å². The number of amides is 1. The lowest BCUT2D eigenvalue weighted by Crippen LogP contribution is -2.30. The second-order valence-corrected chi connectivity index (χ2v) is 4.20. The highest BCUT2D eigenvalue weighted by molar-refractivity contribution is 6.31. The topological polar surface area (TPSA) is 73.9 Å². The number of halogens is 2. The summed E-state index contributed by atoms with van der Waals surface area (Å²) in [5, 5.41) is 8.69. The van der Waals surface area contributed by atoms with Crippen molar-refractivity contribution in [2.45, 2.75) is 24.9 Å². The normalized spacial score (nSPS) is 17.9. The molecule has 0 saturated carbocycles. The van der Waals surface area contributed by atoms with Crippen molar-refractivity contribution in [3.63, 3.8) is 0 Å². The highest BCUT2D eigenvalue weighted by atomic mass is 35.5. The number of hydrogen-bond acceptors (Lipinski definition) is 4. The molecule has 1 aromatic rings. The molecule has 17 heavy (non-hydrogen) atoms. The van der Waals surface area contributed by atoms with E-state index in [9.17, 15) is 9.18 Å². The van der Waals surface area contributed by atoms with E-state index >= 15 is 0 Å². The first kappa shape index (κ1) is 12.1. The zero-order valence-electron chi connectivity index (χ0n) is 9.12. The molecule has 1 unspecified atom stereocenters. The van der Waals surface area contributed by atoms with Gasteiger partial charge in [-0.05, 0) is 19.3 Å². The first-order valence-corrected chi connectivity index (χ1v) is 5.87. The van der Waals surface area contributed by atoms with E-state index < -0.39 is 11.5 Å². The molecule has 0 aliphatic carbocycles. The molecule has 1 fully saturated rings. The minimum atomic E-state index is -2.08. The lowest BCUT2D eigenvalue weighted by atomic mass is 10.1. The van der Waals surface area contributed by atoms with Gasteiger partial charge in [0.05, 0.1) is 0 Å². The third-order valence-electron chi connectivity index (χ3n) is 2.55. The highest BCUT2D eigenvalue weighted by Gasteiger charge is 2.18. The maximum atomic E-state index is 12.4. The molecular formula is C9H13ClFN5O. The summed E-state index contributed by atoms with van der Waals surface area (Å²) in [6.07, 6.45) is 3.41. The second kappa shape index (κ2) is 5.31. The van der Waals surface area contributed by atoms with Gasteiger partial charge in [0.15, 0.2) is 0 Å². The fourth-order valence-electron chi connectivity index (χ4n) is 1.72. The maximum absolute atomic E-state index is 12.4. The van der Waals surface area contributed by atoms with Gasteiger partial charge in [-0.2, -0.15) is 4.98 Å². The minimum absolute atomic E-state index is 0.110. The molecule has 6 nitrogen and oxygen atoms in total. The lowest BCUT2D eigenvalue weighted by molar-refractivity contribution is -0.118. The van der Waals surface area contributed by atoms with Crippen LogP contribution in [0.3, 0.4) is 0 Å². The van der Waals surface area contributed by atoms with Crippen molar-refractivity contribution >= 4 is 29.4 Å². The quantitative estimate of drug-likeness (QED) is 0.804. The van der Waals surface area contributed by atoms with Gasteiger partial charge in [-0.25, -0.2) is 9.49 Å². The second-order valence-electron chi connectivity index (χ2n) is 3.82. The van der Waals surface area contributed by atoms with Crippen LogP contribution in [0, 0.1) is 0 Å². The lowest BCUT2D eigenvalue weighted by Gasteiger charge is -2.24. The molecule has 0 radical (unpaired) electrons. The van der Waals surface area contributed by atoms with E-state index in [1.165, 1.54) is 6.42 Å². The van der Waals surface area contributed by atoms with Crippen molar-refractivity contribution in [2.24, 2.45) is 0 Å². The van der Waals surface area contributed by atoms with Gasteiger partial charge in [-0.3, -0.25) is 10.1 Å². The number of carbonyl (C=O) groups excluding carboxylic acids is 1. The Hall–Kier alpha value is -1.37. The number of carbonyl (C=O) groups is 1. The molecule has 1 aliphatic heterocycles. The predicted octanol–water partition coefficient (Wildman–Crippen LogP) is 1.27. The molecule has 2 heterocycles. The zero-order chi connectivity index (χ0) is 12.3. The van der Waals surface area contributed by atoms with Gasteiger partial charge in [0.25, 0.3) is 11.5 Å². The number of anilines is 2. The molecule has 0 spiro atoms. The molecule has 0 aromatic carbocycles. The van der Waals surface area contributed by atoms with Crippen molar-refractivity contribution in [3.05, 3.63) is 0 Å². The molecule has 8 heteroatoms. The Morgan fingerprint density at radius 2 is 2.18 bits per heavy atom. The van der Waals surface area contributed by atoms with Crippen LogP contribution in [0.2, 0.25) is 0 Å². The Morgan fingerprint density at radius 3 is 2.82 bits per heavy atom. The Morgan fingerprint density at radius 1 is 1.47 bits per heavy atom. The molecule has 0 bridgehead atoms. The summed E-state index contributed by atoms with van der Waals surface area (Å²) in [5.41, 5.74) is -2.08. The number of piperidine rings is 1. The standard InChI is InChI=1S/C9H13ClFN5O/c10-6(11)7(17)12-8-13-9(15-14-8)16-4-2-1-3-5-16/h6H,1-5H2,(H2,12,13,14,15,17). The highest BCUT2D eigenvalue weighted by Crippen LogP contribution is 2.16. The Kier molecular flexibility index (Phi) is 3.78. The van der Waals surface area contributed by atoms with Gasteiger partial charge < -0.3 is 4.90 Å². The Balaban J connectivity index is 1.97. The Bertz CT molecular complexity index is 390. The molecule has 2 N–H and O–H groups in total. The molecule has 1 aromatic heterocycles. The van der Waals surface area contributed by atoms with Gasteiger partial charge in [-0.1, -0.05) is 11.6 Å². The fraction of sp³-hybridized carbons (Fsp3) is 0.667. The zero-order valence-corrected chi connectivity index (χ0v) is 9.87. The van der Waals surface area contributed by atoms with Crippen molar-refractivity contribution in [3.8, 4) is 0 Å². The van der Waals surface area contributed by atoms with Crippen LogP contribution in [0.25, 0.3) is 0 Å². The molecular weight excluding hydrogens is 249 g/mol. The number of alkyl halides is 2. The molecule has 2 rings (SSSR count). The summed E-state index contributed by atoms with van der Waals surface area (Å²) in [7, 11) is 0. The van der Waals surface area contributed by atoms with Crippen LogP contribution in [0.15, 0.2) is 0 Å². The monoisotopic (exact) mass is 261 g/mol. The average Bonchev–Trinajstić information content (AvgIpc) is 2.78. The average molecular weight is 262 g/mol. The van der Waals surface area contributed by atoms with Crippen LogP contribution in [0.4, 0.5) is 16.3 Å². The largest absolute Gasteiger partial charge is 0.340 e. The van der Waals surface area contributed by atoms with Gasteiger partial charge >= 0.3 is 0 Å². The first-order chi connectivity index (χ1) is 8.16. The minimum Gasteiger partial charge on any atom is -0.340 e. The number of nitrogens with zero attached hydrogens (tertiary/aromatic N) is 3. The molecule has 94 valence electrons. The molecule has 1 amide bonds. The van der Waals surface area contributed by atoms with Crippen LogP contribution >= 0.6 is 11.6 Å². The Labute approximate surface area is 103 Å². The van der Waals surface area contributed by atoms with E-state index in [2.05, 4.69) is 20.5 Å². The SMILES string of the molecule is O=C(Nc1nc(N2CCCCC2)n[nH]1)C(F)Cl. The molecule has 1 saturated heterocycles. The summed E-state index contributed by atoms with van der Waals surface area (Å²) >= 11 is 4.98. The number of hydrogen-bond donors (Lipinski definition) is 2. The van der Waals surface area contributed by atoms with Gasteiger partial charge in [0.2, 0.25) is 11.9 Å². The smallest absolute Gasteiger partial charge is 0.276 e. The van der Waals surface area contributed by atoms with E-state index in [1.54, 1.807) is 0 Å². The summed E-state index contributed by atoms with van der Waals surface area (Å²) in [6, 6.07) is 0. The van der Waals surface area contributed by atoms with Crippen molar-refractivity contribution in [1.82, 2.24) is 15.2 Å². The van der Waals surface area contributed by atoms with Crippen molar-refractivity contribution in [2.75, 3.05) is 23.3 Å².